The lowest BCUT2D eigenvalue weighted by Crippen LogP contribution is -2.62. The van der Waals surface area contributed by atoms with Gasteiger partial charge in [-0.3, -0.25) is 77.1 Å². The maximum atomic E-state index is 15.3. The monoisotopic (exact) mass is 1550 g/mol. The first-order chi connectivity index (χ1) is 50.9. The molecule has 0 aromatic heterocycles. The molecule has 6 rings (SSSR count). The van der Waals surface area contributed by atoms with E-state index in [1.165, 1.54) is 104 Å². The minimum atomic E-state index is -1.84. The summed E-state index contributed by atoms with van der Waals surface area (Å²) in [6.07, 6.45) is -2.68. The van der Waals surface area contributed by atoms with Gasteiger partial charge in [0.15, 0.2) is 0 Å². The minimum absolute atomic E-state index is 0.0630. The summed E-state index contributed by atoms with van der Waals surface area (Å²) in [5, 5.41) is 84.7. The number of aromatic hydroxyl groups is 2. The van der Waals surface area contributed by atoms with Gasteiger partial charge in [0.25, 0.3) is 0 Å². The van der Waals surface area contributed by atoms with Gasteiger partial charge in [-0.15, -0.1) is 0 Å². The number of urea groups is 1. The number of aliphatic hydroxyl groups is 1. The average Bonchev–Trinajstić information content (AvgIpc) is 0.869. The van der Waals surface area contributed by atoms with Gasteiger partial charge in [-0.1, -0.05) is 81.7 Å². The molecule has 0 spiro atoms. The van der Waals surface area contributed by atoms with E-state index in [4.69, 9.17) is 28.8 Å². The fourth-order valence-electron chi connectivity index (χ4n) is 11.5. The number of amides is 11. The topological polar surface area (TPSA) is 543 Å². The number of anilines is 1. The molecule has 0 radical (unpaired) electrons. The number of hydrogen-bond donors (Lipinski definition) is 18. The number of phenolic OH excluding ortho intramolecular Hbond substituents is 2. The summed E-state index contributed by atoms with van der Waals surface area (Å²) in [5.74, 6) is -13.2. The Morgan fingerprint density at radius 3 is 1.49 bits per heavy atom. The van der Waals surface area contributed by atoms with Crippen molar-refractivity contribution >= 4 is 116 Å². The van der Waals surface area contributed by atoms with Crippen LogP contribution < -0.4 is 65.1 Å². The highest BCUT2D eigenvalue weighted by Gasteiger charge is 2.37. The first kappa shape index (κ1) is 86.1. The van der Waals surface area contributed by atoms with E-state index in [0.717, 1.165) is 21.6 Å². The number of aliphatic carboxylic acids is 3. The van der Waals surface area contributed by atoms with Crippen LogP contribution >= 0.6 is 33.2 Å². The van der Waals surface area contributed by atoms with E-state index >= 15 is 9.59 Å². The SMILES string of the molecule is C[C@@H](O)[C@@H]1NC(=O)[C@H](CCCCN)NC(=O)[C@@H](Cc2ccc(NC(N)=O)cc2)NC(=O)[C@H](Cc2ccc(O)cc2)NC(=O)[C@H](NC(=O)CC(NC(=O)CN2CCN(CC(=O)O)CCN(CC(=O)O)CCN(CC(=O)O)CC2)c2ccc(Cl)cc2)CSSC[C@@H](C(=O)N[C@H](Cc2ccc(O)cc2)C(N)=O)NC1=O. The number of aliphatic hydroxyl groups excluding tert-OH is 1. The van der Waals surface area contributed by atoms with E-state index in [1.54, 1.807) is 19.6 Å². The summed E-state index contributed by atoms with van der Waals surface area (Å²) in [4.78, 5) is 185. The number of carbonyl (C=O) groups is 13. The molecule has 2 aliphatic heterocycles. The highest BCUT2D eigenvalue weighted by Crippen LogP contribution is 2.26. The number of benzene rings is 4. The van der Waals surface area contributed by atoms with Gasteiger partial charge in [0.2, 0.25) is 53.2 Å². The number of hydrogen-bond acceptors (Lipinski definition) is 23. The third kappa shape index (κ3) is 30.9. The highest BCUT2D eigenvalue weighted by atomic mass is 35.5. The number of rotatable bonds is 28. The lowest BCUT2D eigenvalue weighted by molar-refractivity contribution is -0.140. The Hall–Kier alpha value is -9.86. The van der Waals surface area contributed by atoms with Gasteiger partial charge in [0.1, 0.15) is 53.8 Å². The summed E-state index contributed by atoms with van der Waals surface area (Å²) < 4.78 is 0. The van der Waals surface area contributed by atoms with Gasteiger partial charge in [0.05, 0.1) is 44.7 Å². The van der Waals surface area contributed by atoms with Crippen molar-refractivity contribution < 1.29 is 93.0 Å². The van der Waals surface area contributed by atoms with Crippen molar-refractivity contribution in [2.45, 2.75) is 106 Å². The van der Waals surface area contributed by atoms with E-state index in [-0.39, 0.29) is 126 Å². The molecule has 1 unspecified atom stereocenters. The largest absolute Gasteiger partial charge is 0.508 e. The van der Waals surface area contributed by atoms with Crippen molar-refractivity contribution in [3.05, 3.63) is 124 Å². The van der Waals surface area contributed by atoms with Gasteiger partial charge in [-0.25, -0.2) is 4.79 Å². The molecule has 0 bridgehead atoms. The fourth-order valence-corrected chi connectivity index (χ4v) is 13.9. The molecular formula is C69H93ClN16O19S2. The Morgan fingerprint density at radius 2 is 1.01 bits per heavy atom. The molecular weight excluding hydrogens is 1460 g/mol. The molecule has 11 amide bonds. The molecule has 9 atom stereocenters. The molecule has 0 aliphatic carbocycles. The zero-order chi connectivity index (χ0) is 78.3. The second kappa shape index (κ2) is 43.7. The number of phenols is 2. The predicted octanol–water partition coefficient (Wildman–Crippen LogP) is -2.22. The second-order valence-electron chi connectivity index (χ2n) is 25.7. The van der Waals surface area contributed by atoms with E-state index in [0.29, 0.717) is 28.7 Å². The van der Waals surface area contributed by atoms with E-state index in [9.17, 15) is 83.4 Å². The normalized spacial score (nSPS) is 20.7. The van der Waals surface area contributed by atoms with Crippen molar-refractivity contribution in [3.8, 4) is 11.5 Å². The Morgan fingerprint density at radius 1 is 0.551 bits per heavy atom. The van der Waals surface area contributed by atoms with Crippen LogP contribution in [0.15, 0.2) is 97.1 Å². The molecule has 0 saturated carbocycles. The number of carboxylic acids is 3. The van der Waals surface area contributed by atoms with Crippen LogP contribution in [0, 0.1) is 0 Å². The molecule has 35 nitrogen and oxygen atoms in total. The van der Waals surface area contributed by atoms with Crippen LogP contribution in [0.1, 0.15) is 60.9 Å². The fraction of sp³-hybridized carbons (Fsp3) is 0.464. The first-order valence-electron chi connectivity index (χ1n) is 34.2. The first-order valence-corrected chi connectivity index (χ1v) is 37.1. The van der Waals surface area contributed by atoms with Gasteiger partial charge < -0.3 is 95.7 Å². The van der Waals surface area contributed by atoms with Gasteiger partial charge in [-0.2, -0.15) is 0 Å². The summed E-state index contributed by atoms with van der Waals surface area (Å²) in [5.41, 5.74) is 18.8. The van der Waals surface area contributed by atoms with Crippen LogP contribution in [-0.4, -0.2) is 272 Å². The number of nitrogens with one attached hydrogen (secondary N) is 9. The molecule has 2 aliphatic rings. The quantitative estimate of drug-likeness (QED) is 0.0211. The number of primary amides is 2. The third-order valence-electron chi connectivity index (χ3n) is 17.2. The molecule has 4 aromatic carbocycles. The molecule has 4 aromatic rings. The van der Waals surface area contributed by atoms with E-state index in [1.807, 2.05) is 0 Å². The minimum Gasteiger partial charge on any atom is -0.508 e. The molecule has 38 heteroatoms. The van der Waals surface area contributed by atoms with Crippen LogP contribution in [0.25, 0.3) is 0 Å². The Labute approximate surface area is 629 Å². The number of nitrogens with two attached hydrogens (primary N) is 3. The zero-order valence-corrected chi connectivity index (χ0v) is 61.1. The smallest absolute Gasteiger partial charge is 0.317 e. The van der Waals surface area contributed by atoms with Crippen molar-refractivity contribution in [2.24, 2.45) is 17.2 Å². The Bertz CT molecular complexity index is 3670. The molecule has 107 heavy (non-hydrogen) atoms. The van der Waals surface area contributed by atoms with Gasteiger partial charge in [0, 0.05) is 93.8 Å². The van der Waals surface area contributed by atoms with Crippen molar-refractivity contribution in [3.63, 3.8) is 0 Å². The maximum Gasteiger partial charge on any atom is 0.317 e. The summed E-state index contributed by atoms with van der Waals surface area (Å²) in [6, 6.07) is 9.87. The second-order valence-corrected chi connectivity index (χ2v) is 28.7. The van der Waals surface area contributed by atoms with Gasteiger partial charge >= 0.3 is 23.9 Å². The molecule has 21 N–H and O–H groups in total. The van der Waals surface area contributed by atoms with Crippen LogP contribution in [-0.2, 0) is 76.8 Å². The number of nitrogens with zero attached hydrogens (tertiary/aromatic N) is 4. The lowest BCUT2D eigenvalue weighted by atomic mass is 10.0. The van der Waals surface area contributed by atoms with Crippen LogP contribution in [0.5, 0.6) is 11.5 Å². The van der Waals surface area contributed by atoms with Crippen LogP contribution in [0.3, 0.4) is 0 Å². The number of carbonyl (C=O) groups excluding carboxylic acids is 10. The van der Waals surface area contributed by atoms with Crippen LogP contribution in [0.2, 0.25) is 5.02 Å². The van der Waals surface area contributed by atoms with Crippen molar-refractivity contribution in [1.29, 1.82) is 0 Å². The Kier molecular flexibility index (Phi) is 35.1. The van der Waals surface area contributed by atoms with E-state index < -0.39 is 163 Å². The molecule has 2 fully saturated rings. The van der Waals surface area contributed by atoms with E-state index in [2.05, 4.69) is 47.9 Å². The number of unbranched alkanes of at least 4 members (excludes halogenated alkanes) is 1. The van der Waals surface area contributed by atoms with Crippen LogP contribution in [0.4, 0.5) is 10.5 Å². The predicted molar refractivity (Wildman–Crippen MR) is 395 cm³/mol. The summed E-state index contributed by atoms with van der Waals surface area (Å²) >= 11 is 6.33. The van der Waals surface area contributed by atoms with Crippen molar-refractivity contribution in [1.82, 2.24) is 62.1 Å². The standard InChI is InChI=1S/C69H93ClN16O19S2/c1-40(87)61-68(104)81-55(67(103)78-51(62(72)98)30-42-7-17-47(88)18-8-42)39-107-106-38-54(66(102)80-53(32-43-9-19-48(89)20-10-43)65(101)79-52(31-41-5-15-46(16-6-41)74-69(73)105)64(100)77-49(63(99)82-61)4-2-3-21-71)76-56(90)33-50(44-11-13-45(70)14-12-44)75-57(91)34-83-22-24-84(35-58(92)93)26-28-86(37-60(96)97)29-27-85(25-23-83)36-59(94)95/h5-20,40,49-55,61,87-89H,2-4,21-39,71H2,1H3,(H2,72,98)(H,75,91)(H,76,90)(H,77,100)(H,78,103)(H,79,101)(H,80,102)(H,81,104)(H,82,99)(H,92,93)(H,94,95)(H,96,97)(H3,73,74,105)/t40-,49+,50?,51-,52-,53+,54-,55+,61+/m1/s1. The highest BCUT2D eigenvalue weighted by molar-refractivity contribution is 8.76. The lowest BCUT2D eigenvalue weighted by Gasteiger charge is -2.33. The Balaban J connectivity index is 1.40. The number of halogens is 1. The summed E-state index contributed by atoms with van der Waals surface area (Å²) in [6.45, 7) is 0.427. The zero-order valence-electron chi connectivity index (χ0n) is 58.7. The van der Waals surface area contributed by atoms with Gasteiger partial charge in [-0.05, 0) is 104 Å². The average molecular weight is 1550 g/mol. The molecule has 582 valence electrons. The molecule has 2 heterocycles. The third-order valence-corrected chi connectivity index (χ3v) is 19.9. The maximum absolute atomic E-state index is 15.3. The molecule has 2 saturated heterocycles. The summed E-state index contributed by atoms with van der Waals surface area (Å²) in [7, 11) is 1.74. The van der Waals surface area contributed by atoms with Crippen molar-refractivity contribution in [2.75, 3.05) is 102 Å². The number of carboxylic acid groups (broad SMARTS) is 3.